The van der Waals surface area contributed by atoms with Gasteiger partial charge in [-0.3, -0.25) is 9.69 Å². The standard InChI is InChI=1S/C19H28N6O/c1-2-16-5-3-4-9-24(16)15-19(26)23-13-11-22(12-14-23)18-7-6-17-20-8-10-25(17)21-18/h6-8,10,16H,2-5,9,11-15H2,1H3/t16-/m0/s1. The van der Waals surface area contributed by atoms with Crippen molar-refractivity contribution in [2.45, 2.75) is 38.6 Å². The van der Waals surface area contributed by atoms with Crippen LogP contribution >= 0.6 is 0 Å². The van der Waals surface area contributed by atoms with Crippen LogP contribution in [-0.2, 0) is 4.79 Å². The van der Waals surface area contributed by atoms with Crippen molar-refractivity contribution < 1.29 is 4.79 Å². The van der Waals surface area contributed by atoms with E-state index in [4.69, 9.17) is 0 Å². The molecule has 0 bridgehead atoms. The second kappa shape index (κ2) is 7.61. The van der Waals surface area contributed by atoms with E-state index in [1.165, 1.54) is 19.3 Å². The van der Waals surface area contributed by atoms with Crippen molar-refractivity contribution in [3.63, 3.8) is 0 Å². The van der Waals surface area contributed by atoms with Gasteiger partial charge in [-0.05, 0) is 37.9 Å². The Morgan fingerprint density at radius 3 is 2.81 bits per heavy atom. The Balaban J connectivity index is 1.33. The molecule has 0 aromatic carbocycles. The molecule has 1 amide bonds. The van der Waals surface area contributed by atoms with Crippen LogP contribution < -0.4 is 4.90 Å². The van der Waals surface area contributed by atoms with Gasteiger partial charge in [-0.1, -0.05) is 13.3 Å². The predicted molar refractivity (Wildman–Crippen MR) is 101 cm³/mol. The third-order valence-corrected chi connectivity index (χ3v) is 5.76. The third-order valence-electron chi connectivity index (χ3n) is 5.76. The highest BCUT2D eigenvalue weighted by atomic mass is 16.2. The summed E-state index contributed by atoms with van der Waals surface area (Å²) < 4.78 is 1.80. The average Bonchev–Trinajstić information content (AvgIpc) is 3.16. The maximum atomic E-state index is 12.7. The molecule has 2 aromatic heterocycles. The topological polar surface area (TPSA) is 57.0 Å². The molecule has 0 N–H and O–H groups in total. The molecular weight excluding hydrogens is 328 g/mol. The van der Waals surface area contributed by atoms with Crippen LogP contribution in [0.25, 0.3) is 5.65 Å². The van der Waals surface area contributed by atoms with E-state index in [1.54, 1.807) is 10.7 Å². The van der Waals surface area contributed by atoms with Crippen LogP contribution in [0.15, 0.2) is 24.5 Å². The lowest BCUT2D eigenvalue weighted by Gasteiger charge is -2.39. The first-order valence-electron chi connectivity index (χ1n) is 9.82. The SMILES string of the molecule is CC[C@H]1CCCCN1CC(=O)N1CCN(c2ccc3nccn3n2)CC1. The number of imidazole rings is 1. The number of piperidine rings is 1. The lowest BCUT2D eigenvalue weighted by molar-refractivity contribution is -0.133. The number of piperazine rings is 1. The highest BCUT2D eigenvalue weighted by Crippen LogP contribution is 2.20. The molecular formula is C19H28N6O. The first-order valence-corrected chi connectivity index (χ1v) is 9.82. The number of rotatable bonds is 4. The maximum absolute atomic E-state index is 12.7. The van der Waals surface area contributed by atoms with Crippen LogP contribution in [0.3, 0.4) is 0 Å². The minimum Gasteiger partial charge on any atom is -0.352 e. The smallest absolute Gasteiger partial charge is 0.236 e. The molecule has 2 aliphatic rings. The van der Waals surface area contributed by atoms with Gasteiger partial charge in [-0.2, -0.15) is 0 Å². The quantitative estimate of drug-likeness (QED) is 0.834. The molecule has 7 nitrogen and oxygen atoms in total. The zero-order valence-corrected chi connectivity index (χ0v) is 15.5. The minimum absolute atomic E-state index is 0.281. The molecule has 0 spiro atoms. The van der Waals surface area contributed by atoms with E-state index in [-0.39, 0.29) is 5.91 Å². The van der Waals surface area contributed by atoms with E-state index in [9.17, 15) is 4.79 Å². The number of carbonyl (C=O) groups is 1. The third kappa shape index (κ3) is 3.53. The van der Waals surface area contributed by atoms with Crippen molar-refractivity contribution in [3.05, 3.63) is 24.5 Å². The summed E-state index contributed by atoms with van der Waals surface area (Å²) in [6, 6.07) is 4.58. The van der Waals surface area contributed by atoms with Gasteiger partial charge < -0.3 is 9.80 Å². The molecule has 140 valence electrons. The van der Waals surface area contributed by atoms with Crippen molar-refractivity contribution in [3.8, 4) is 0 Å². The lowest BCUT2D eigenvalue weighted by Crippen LogP contribution is -2.53. The van der Waals surface area contributed by atoms with Gasteiger partial charge in [0, 0.05) is 44.6 Å². The Morgan fingerprint density at radius 2 is 2.00 bits per heavy atom. The molecule has 2 saturated heterocycles. The van der Waals surface area contributed by atoms with E-state index in [1.807, 2.05) is 23.2 Å². The number of likely N-dealkylation sites (tertiary alicyclic amines) is 1. The number of amides is 1. The van der Waals surface area contributed by atoms with E-state index in [0.29, 0.717) is 12.6 Å². The first kappa shape index (κ1) is 17.3. The number of anilines is 1. The highest BCUT2D eigenvalue weighted by Gasteiger charge is 2.27. The van der Waals surface area contributed by atoms with Crippen LogP contribution in [-0.4, -0.2) is 75.6 Å². The number of carbonyl (C=O) groups excluding carboxylic acids is 1. The fourth-order valence-corrected chi connectivity index (χ4v) is 4.16. The summed E-state index contributed by atoms with van der Waals surface area (Å²) in [7, 11) is 0. The summed E-state index contributed by atoms with van der Waals surface area (Å²) in [6.45, 7) is 7.08. The van der Waals surface area contributed by atoms with Crippen molar-refractivity contribution >= 4 is 17.4 Å². The number of nitrogens with zero attached hydrogens (tertiary/aromatic N) is 6. The summed E-state index contributed by atoms with van der Waals surface area (Å²) in [6.07, 6.45) is 8.52. The van der Waals surface area contributed by atoms with Crippen LogP contribution in [0.4, 0.5) is 5.82 Å². The Bertz CT molecular complexity index is 751. The minimum atomic E-state index is 0.281. The number of aromatic nitrogens is 3. The molecule has 0 aliphatic carbocycles. The fourth-order valence-electron chi connectivity index (χ4n) is 4.16. The Labute approximate surface area is 154 Å². The summed E-state index contributed by atoms with van der Waals surface area (Å²) in [5, 5.41) is 4.61. The second-order valence-corrected chi connectivity index (χ2v) is 7.32. The number of hydrogen-bond acceptors (Lipinski definition) is 5. The summed E-state index contributed by atoms with van der Waals surface area (Å²) in [5.41, 5.74) is 0.856. The molecule has 26 heavy (non-hydrogen) atoms. The Hall–Kier alpha value is -2.15. The van der Waals surface area contributed by atoms with Crippen LogP contribution in [0.5, 0.6) is 0 Å². The Kier molecular flexibility index (Phi) is 5.06. The molecule has 1 atom stereocenters. The van der Waals surface area contributed by atoms with Crippen LogP contribution in [0, 0.1) is 0 Å². The van der Waals surface area contributed by atoms with E-state index in [0.717, 1.165) is 50.6 Å². The average molecular weight is 356 g/mol. The van der Waals surface area contributed by atoms with Crippen LogP contribution in [0.2, 0.25) is 0 Å². The van der Waals surface area contributed by atoms with E-state index in [2.05, 4.69) is 26.8 Å². The summed E-state index contributed by atoms with van der Waals surface area (Å²) >= 11 is 0. The van der Waals surface area contributed by atoms with Gasteiger partial charge in [-0.25, -0.2) is 9.50 Å². The largest absolute Gasteiger partial charge is 0.352 e. The molecule has 0 radical (unpaired) electrons. The zero-order valence-electron chi connectivity index (χ0n) is 15.5. The highest BCUT2D eigenvalue weighted by molar-refractivity contribution is 5.78. The number of hydrogen-bond donors (Lipinski definition) is 0. The monoisotopic (exact) mass is 356 g/mol. The normalized spacial score (nSPS) is 22.1. The zero-order chi connectivity index (χ0) is 17.9. The van der Waals surface area contributed by atoms with Crippen molar-refractivity contribution in [2.75, 3.05) is 44.2 Å². The predicted octanol–water partition coefficient (Wildman–Crippen LogP) is 1.64. The molecule has 2 aromatic rings. The van der Waals surface area contributed by atoms with Gasteiger partial charge in [0.25, 0.3) is 0 Å². The van der Waals surface area contributed by atoms with E-state index < -0.39 is 0 Å². The second-order valence-electron chi connectivity index (χ2n) is 7.32. The molecule has 7 heteroatoms. The van der Waals surface area contributed by atoms with Gasteiger partial charge in [-0.15, -0.1) is 5.10 Å². The van der Waals surface area contributed by atoms with Gasteiger partial charge >= 0.3 is 0 Å². The van der Waals surface area contributed by atoms with E-state index >= 15 is 0 Å². The fraction of sp³-hybridized carbons (Fsp3) is 0.632. The molecule has 2 fully saturated rings. The lowest BCUT2D eigenvalue weighted by atomic mass is 10.00. The van der Waals surface area contributed by atoms with Gasteiger partial charge in [0.2, 0.25) is 5.91 Å². The summed E-state index contributed by atoms with van der Waals surface area (Å²) in [5.74, 6) is 1.23. The van der Waals surface area contributed by atoms with Gasteiger partial charge in [0.05, 0.1) is 6.54 Å². The van der Waals surface area contributed by atoms with Crippen molar-refractivity contribution in [1.82, 2.24) is 24.4 Å². The van der Waals surface area contributed by atoms with Crippen molar-refractivity contribution in [2.24, 2.45) is 0 Å². The summed E-state index contributed by atoms with van der Waals surface area (Å²) in [4.78, 5) is 23.6. The van der Waals surface area contributed by atoms with Crippen LogP contribution in [0.1, 0.15) is 32.6 Å². The molecule has 4 rings (SSSR count). The molecule has 4 heterocycles. The number of fused-ring (bicyclic) bond motifs is 1. The van der Waals surface area contributed by atoms with Gasteiger partial charge in [0.15, 0.2) is 5.65 Å². The molecule has 0 saturated carbocycles. The molecule has 2 aliphatic heterocycles. The van der Waals surface area contributed by atoms with Gasteiger partial charge in [0.1, 0.15) is 5.82 Å². The maximum Gasteiger partial charge on any atom is 0.236 e. The first-order chi connectivity index (χ1) is 12.7. The van der Waals surface area contributed by atoms with Crippen molar-refractivity contribution in [1.29, 1.82) is 0 Å². The Morgan fingerprint density at radius 1 is 1.15 bits per heavy atom. The molecule has 0 unspecified atom stereocenters.